The highest BCUT2D eigenvalue weighted by Gasteiger charge is 2.36. The predicted molar refractivity (Wildman–Crippen MR) is 125 cm³/mol. The van der Waals surface area contributed by atoms with Gasteiger partial charge in [0, 0.05) is 11.1 Å². The summed E-state index contributed by atoms with van der Waals surface area (Å²) in [6, 6.07) is 1.85. The minimum atomic E-state index is -2.21. The molecule has 40 heavy (non-hydrogen) atoms. The Balaban J connectivity index is 2.95. The SMILES string of the molecule is O=C(O)c1cc2cc(C(=O)O)c(C(=O)O)c(-c3c(C(=O)O)c(C(=O)O)cc(C(=O)O)c3C(=O)O)c2cc1C(=O)O. The zero-order valence-corrected chi connectivity index (χ0v) is 19.2. The first kappa shape index (κ1) is 28.3. The van der Waals surface area contributed by atoms with E-state index in [4.69, 9.17) is 0 Å². The number of hydrogen-bond donors (Lipinski definition) is 8. The molecule has 0 fully saturated rings. The van der Waals surface area contributed by atoms with Crippen LogP contribution >= 0.6 is 0 Å². The van der Waals surface area contributed by atoms with E-state index in [-0.39, 0.29) is 6.07 Å². The van der Waals surface area contributed by atoms with Gasteiger partial charge in [0.05, 0.1) is 44.5 Å². The van der Waals surface area contributed by atoms with Gasteiger partial charge < -0.3 is 40.9 Å². The number of fused-ring (bicyclic) bond motifs is 1. The van der Waals surface area contributed by atoms with Gasteiger partial charge in [0.15, 0.2) is 0 Å². The van der Waals surface area contributed by atoms with Crippen molar-refractivity contribution in [3.05, 3.63) is 68.8 Å². The molecule has 0 saturated carbocycles. The Morgan fingerprint density at radius 2 is 0.650 bits per heavy atom. The van der Waals surface area contributed by atoms with Crippen molar-refractivity contribution in [3.8, 4) is 11.1 Å². The quantitative estimate of drug-likeness (QED) is 0.187. The summed E-state index contributed by atoms with van der Waals surface area (Å²) in [6.07, 6.45) is 0. The number of carbonyl (C=O) groups is 8. The average molecular weight is 556 g/mol. The van der Waals surface area contributed by atoms with Crippen LogP contribution < -0.4 is 0 Å². The summed E-state index contributed by atoms with van der Waals surface area (Å²) < 4.78 is 0. The van der Waals surface area contributed by atoms with Crippen molar-refractivity contribution >= 4 is 58.5 Å². The van der Waals surface area contributed by atoms with Crippen LogP contribution in [0, 0.1) is 0 Å². The highest BCUT2D eigenvalue weighted by Crippen LogP contribution is 2.42. The zero-order chi connectivity index (χ0) is 30.4. The topological polar surface area (TPSA) is 298 Å². The van der Waals surface area contributed by atoms with Gasteiger partial charge in [-0.2, -0.15) is 0 Å². The molecule has 16 heteroatoms. The number of rotatable bonds is 9. The van der Waals surface area contributed by atoms with Gasteiger partial charge in [0.1, 0.15) is 0 Å². The van der Waals surface area contributed by atoms with E-state index < -0.39 is 114 Å². The van der Waals surface area contributed by atoms with Crippen molar-refractivity contribution in [2.24, 2.45) is 0 Å². The standard InChI is InChI=1S/C24H12O16/c25-17(26)7-1-5-2-9(19(29)30)13(22(35)36)12(6(5)3-8(7)18(27)28)16-14(23(37)38)10(20(31)32)4-11(21(33)34)15(16)24(39)40/h1-4H,(H,25,26)(H,27,28)(H,29,30)(H,31,32)(H,33,34)(H,35,36)(H,37,38)(H,39,40). The largest absolute Gasteiger partial charge is 0.478 e. The minimum Gasteiger partial charge on any atom is -0.478 e. The third-order valence-electron chi connectivity index (χ3n) is 5.65. The second-order valence-electron chi connectivity index (χ2n) is 7.83. The predicted octanol–water partition coefficient (Wildman–Crippen LogP) is 2.09. The minimum absolute atomic E-state index is 0.190. The summed E-state index contributed by atoms with van der Waals surface area (Å²) in [5.74, 6) is -16.5. The molecule has 0 spiro atoms. The Kier molecular flexibility index (Phi) is 6.96. The van der Waals surface area contributed by atoms with Gasteiger partial charge in [-0.3, -0.25) is 0 Å². The second kappa shape index (κ2) is 9.86. The fraction of sp³-hybridized carbons (Fsp3) is 0. The lowest BCUT2D eigenvalue weighted by molar-refractivity contribution is 0.0637. The molecule has 8 N–H and O–H groups in total. The lowest BCUT2D eigenvalue weighted by atomic mass is 9.81. The van der Waals surface area contributed by atoms with Crippen molar-refractivity contribution in [1.82, 2.24) is 0 Å². The fourth-order valence-corrected chi connectivity index (χ4v) is 4.17. The van der Waals surface area contributed by atoms with Crippen LogP contribution in [0.1, 0.15) is 82.9 Å². The Morgan fingerprint density at radius 3 is 1.00 bits per heavy atom. The molecule has 0 aliphatic rings. The average Bonchev–Trinajstić information content (AvgIpc) is 2.84. The molecule has 0 aliphatic heterocycles. The number of carboxylic acid groups (broad SMARTS) is 8. The Hall–Kier alpha value is -6.32. The van der Waals surface area contributed by atoms with E-state index in [0.29, 0.717) is 18.2 Å². The molecule has 204 valence electrons. The third kappa shape index (κ3) is 4.47. The van der Waals surface area contributed by atoms with Crippen LogP contribution in [0.25, 0.3) is 21.9 Å². The third-order valence-corrected chi connectivity index (χ3v) is 5.65. The smallest absolute Gasteiger partial charge is 0.337 e. The van der Waals surface area contributed by atoms with Crippen molar-refractivity contribution in [1.29, 1.82) is 0 Å². The van der Waals surface area contributed by atoms with Crippen LogP contribution in [-0.2, 0) is 0 Å². The monoisotopic (exact) mass is 556 g/mol. The van der Waals surface area contributed by atoms with Crippen molar-refractivity contribution in [2.75, 3.05) is 0 Å². The lowest BCUT2D eigenvalue weighted by Gasteiger charge is -2.20. The molecule has 0 saturated heterocycles. The molecule has 0 radical (unpaired) electrons. The molecule has 16 nitrogen and oxygen atoms in total. The van der Waals surface area contributed by atoms with Gasteiger partial charge in [0.25, 0.3) is 0 Å². The number of hydrogen-bond acceptors (Lipinski definition) is 8. The molecule has 0 atom stereocenters. The molecule has 3 rings (SSSR count). The molecule has 0 amide bonds. The van der Waals surface area contributed by atoms with E-state index >= 15 is 0 Å². The highest BCUT2D eigenvalue weighted by atomic mass is 16.4. The van der Waals surface area contributed by atoms with E-state index in [1.807, 2.05) is 0 Å². The van der Waals surface area contributed by atoms with E-state index in [1.165, 1.54) is 0 Å². The number of aromatic carboxylic acids is 8. The first-order valence-corrected chi connectivity index (χ1v) is 10.2. The lowest BCUT2D eigenvalue weighted by Crippen LogP contribution is -2.20. The Morgan fingerprint density at radius 1 is 0.350 bits per heavy atom. The molecule has 0 heterocycles. The van der Waals surface area contributed by atoms with Gasteiger partial charge in [0.2, 0.25) is 0 Å². The second-order valence-corrected chi connectivity index (χ2v) is 7.83. The Bertz CT molecular complexity index is 1710. The van der Waals surface area contributed by atoms with Crippen LogP contribution in [0.2, 0.25) is 0 Å². The molecule has 0 unspecified atom stereocenters. The molecule has 0 aromatic heterocycles. The fourth-order valence-electron chi connectivity index (χ4n) is 4.17. The maximum Gasteiger partial charge on any atom is 0.337 e. The van der Waals surface area contributed by atoms with Gasteiger partial charge in [-0.1, -0.05) is 0 Å². The van der Waals surface area contributed by atoms with Crippen LogP contribution in [0.3, 0.4) is 0 Å². The summed E-state index contributed by atoms with van der Waals surface area (Å²) in [5.41, 5.74) is -12.7. The zero-order valence-electron chi connectivity index (χ0n) is 19.2. The van der Waals surface area contributed by atoms with E-state index in [2.05, 4.69) is 0 Å². The van der Waals surface area contributed by atoms with Crippen molar-refractivity contribution < 1.29 is 79.2 Å². The van der Waals surface area contributed by atoms with Crippen LogP contribution in [0.4, 0.5) is 0 Å². The van der Waals surface area contributed by atoms with Crippen LogP contribution in [-0.4, -0.2) is 88.6 Å². The maximum absolute atomic E-state index is 12.4. The molecule has 0 bridgehead atoms. The summed E-state index contributed by atoms with van der Waals surface area (Å²) in [5, 5.41) is 76.4. The number of carboxylic acids is 8. The molecule has 0 aliphatic carbocycles. The maximum atomic E-state index is 12.4. The molecule has 3 aromatic carbocycles. The van der Waals surface area contributed by atoms with E-state index in [9.17, 15) is 79.2 Å². The molecular weight excluding hydrogens is 544 g/mol. The molecule has 3 aromatic rings. The van der Waals surface area contributed by atoms with Crippen LogP contribution in [0.15, 0.2) is 24.3 Å². The van der Waals surface area contributed by atoms with Gasteiger partial charge in [-0.05, 0) is 35.0 Å². The number of benzene rings is 3. The highest BCUT2D eigenvalue weighted by molar-refractivity contribution is 6.23. The summed E-state index contributed by atoms with van der Waals surface area (Å²) >= 11 is 0. The Labute approximate surface area is 218 Å². The van der Waals surface area contributed by atoms with Gasteiger partial charge in [-0.15, -0.1) is 0 Å². The first-order valence-electron chi connectivity index (χ1n) is 10.2. The van der Waals surface area contributed by atoms with Crippen molar-refractivity contribution in [3.63, 3.8) is 0 Å². The van der Waals surface area contributed by atoms with E-state index in [0.717, 1.165) is 0 Å². The summed E-state index contributed by atoms with van der Waals surface area (Å²) in [6.45, 7) is 0. The normalized spacial score (nSPS) is 10.6. The van der Waals surface area contributed by atoms with E-state index in [1.54, 1.807) is 0 Å². The van der Waals surface area contributed by atoms with Crippen LogP contribution in [0.5, 0.6) is 0 Å². The summed E-state index contributed by atoms with van der Waals surface area (Å²) in [7, 11) is 0. The van der Waals surface area contributed by atoms with Gasteiger partial charge in [-0.25, -0.2) is 38.4 Å². The molecular formula is C24H12O16. The first-order chi connectivity index (χ1) is 18.5. The van der Waals surface area contributed by atoms with Crippen molar-refractivity contribution in [2.45, 2.75) is 0 Å². The van der Waals surface area contributed by atoms with Gasteiger partial charge >= 0.3 is 47.8 Å². The summed E-state index contributed by atoms with van der Waals surface area (Å²) in [4.78, 5) is 96.4.